The zero-order valence-corrected chi connectivity index (χ0v) is 20.7. The average Bonchev–Trinajstić information content (AvgIpc) is 3.25. The number of carbonyl (C=O) groups is 2. The van der Waals surface area contributed by atoms with Gasteiger partial charge in [0.05, 0.1) is 20.5 Å². The summed E-state index contributed by atoms with van der Waals surface area (Å²) >= 11 is 1.53. The van der Waals surface area contributed by atoms with E-state index in [0.29, 0.717) is 29.1 Å². The molecule has 3 rings (SSSR count). The Morgan fingerprint density at radius 1 is 1.21 bits per heavy atom. The molecule has 0 bridgehead atoms. The van der Waals surface area contributed by atoms with Gasteiger partial charge in [-0.15, -0.1) is 0 Å². The number of hydrogen-bond acceptors (Lipinski definition) is 6. The van der Waals surface area contributed by atoms with Crippen LogP contribution in [0.15, 0.2) is 47.1 Å². The fourth-order valence-electron chi connectivity index (χ4n) is 3.93. The van der Waals surface area contributed by atoms with E-state index in [1.807, 2.05) is 43.5 Å². The van der Waals surface area contributed by atoms with Gasteiger partial charge in [0.25, 0.3) is 0 Å². The molecule has 2 N–H and O–H groups in total. The molecular weight excluding hydrogens is 454 g/mol. The number of carbonyl (C=O) groups excluding carboxylic acids is 1. The van der Waals surface area contributed by atoms with Crippen molar-refractivity contribution in [1.82, 2.24) is 5.32 Å². The highest BCUT2D eigenvalue weighted by Gasteiger charge is 2.21. The lowest BCUT2D eigenvalue weighted by atomic mass is 9.96. The number of allylic oxidation sites excluding steroid dienone is 1. The van der Waals surface area contributed by atoms with Gasteiger partial charge in [0.2, 0.25) is 5.91 Å². The maximum Gasteiger partial charge on any atom is 0.326 e. The number of para-hydroxylation sites is 1. The van der Waals surface area contributed by atoms with Gasteiger partial charge in [0.1, 0.15) is 23.1 Å². The van der Waals surface area contributed by atoms with Crippen LogP contribution in [-0.2, 0) is 9.59 Å². The predicted octanol–water partition coefficient (Wildman–Crippen LogP) is 5.15. The van der Waals surface area contributed by atoms with Gasteiger partial charge in [-0.25, -0.2) is 4.79 Å². The third-order valence-electron chi connectivity index (χ3n) is 5.64. The van der Waals surface area contributed by atoms with Gasteiger partial charge < -0.3 is 24.3 Å². The van der Waals surface area contributed by atoms with E-state index < -0.39 is 17.9 Å². The van der Waals surface area contributed by atoms with Crippen LogP contribution in [0.2, 0.25) is 0 Å². The third kappa shape index (κ3) is 5.22. The first-order valence-corrected chi connectivity index (χ1v) is 12.1. The van der Waals surface area contributed by atoms with Crippen LogP contribution in [-0.4, -0.2) is 49.3 Å². The number of amides is 1. The van der Waals surface area contributed by atoms with Crippen molar-refractivity contribution in [1.29, 1.82) is 0 Å². The Labute approximate surface area is 203 Å². The highest BCUT2D eigenvalue weighted by Crippen LogP contribution is 2.42. The predicted molar refractivity (Wildman–Crippen MR) is 136 cm³/mol. The molecule has 1 amide bonds. The second kappa shape index (κ2) is 11.2. The first-order chi connectivity index (χ1) is 16.3. The zero-order valence-electron chi connectivity index (χ0n) is 19.9. The molecular formula is C26H29NO6S. The van der Waals surface area contributed by atoms with Crippen LogP contribution < -0.4 is 14.8 Å². The highest BCUT2D eigenvalue weighted by molar-refractivity contribution is 7.98. The molecule has 0 aliphatic heterocycles. The largest absolute Gasteiger partial charge is 0.496 e. The normalized spacial score (nSPS) is 12.4. The molecule has 34 heavy (non-hydrogen) atoms. The summed E-state index contributed by atoms with van der Waals surface area (Å²) in [5, 5.41) is 12.8. The number of thioether (sulfide) groups is 1. The van der Waals surface area contributed by atoms with Crippen molar-refractivity contribution >= 4 is 40.2 Å². The standard InChI is InChI=1S/C26H29NO6S/c1-15(12-23(28)27-21(26(29)30)10-11-34-5)18-13-19-20(17-8-6-7-9-22(17)31-3)14-33-25(19)16(2)24(18)32-4/h6-9,12-14,21H,10-11H2,1-5H3,(H,27,28)(H,29,30)/b15-12+. The molecule has 0 saturated carbocycles. The van der Waals surface area contributed by atoms with Crippen molar-refractivity contribution in [3.8, 4) is 22.6 Å². The Bertz CT molecular complexity index is 1230. The Balaban J connectivity index is 2.05. The van der Waals surface area contributed by atoms with Crippen LogP contribution >= 0.6 is 11.8 Å². The summed E-state index contributed by atoms with van der Waals surface area (Å²) in [5.41, 5.74) is 4.59. The second-order valence-electron chi connectivity index (χ2n) is 7.82. The molecule has 180 valence electrons. The van der Waals surface area contributed by atoms with E-state index in [0.717, 1.165) is 33.4 Å². The van der Waals surface area contributed by atoms with Crippen molar-refractivity contribution in [3.05, 3.63) is 53.8 Å². The molecule has 1 aromatic heterocycles. The van der Waals surface area contributed by atoms with Gasteiger partial charge in [-0.05, 0) is 50.0 Å². The first kappa shape index (κ1) is 25.2. The lowest BCUT2D eigenvalue weighted by Crippen LogP contribution is -2.40. The van der Waals surface area contributed by atoms with Gasteiger partial charge in [0.15, 0.2) is 0 Å². The molecule has 3 aromatic rings. The Morgan fingerprint density at radius 3 is 2.59 bits per heavy atom. The minimum absolute atomic E-state index is 0.348. The summed E-state index contributed by atoms with van der Waals surface area (Å²) in [6.07, 6.45) is 5.33. The van der Waals surface area contributed by atoms with Crippen molar-refractivity contribution in [2.45, 2.75) is 26.3 Å². The van der Waals surface area contributed by atoms with Gasteiger partial charge in [-0.3, -0.25) is 4.79 Å². The zero-order chi connectivity index (χ0) is 24.8. The molecule has 0 spiro atoms. The number of fused-ring (bicyclic) bond motifs is 1. The van der Waals surface area contributed by atoms with Gasteiger partial charge in [0, 0.05) is 33.7 Å². The maximum atomic E-state index is 12.6. The average molecular weight is 484 g/mol. The Hall–Kier alpha value is -3.39. The third-order valence-corrected chi connectivity index (χ3v) is 6.29. The molecule has 8 heteroatoms. The van der Waals surface area contributed by atoms with E-state index in [1.54, 1.807) is 27.4 Å². The number of aryl methyl sites for hydroxylation is 1. The number of aliphatic carboxylic acids is 1. The van der Waals surface area contributed by atoms with Gasteiger partial charge >= 0.3 is 5.97 Å². The molecule has 0 saturated heterocycles. The molecule has 0 aliphatic rings. The number of ether oxygens (including phenoxy) is 2. The number of benzene rings is 2. The molecule has 0 radical (unpaired) electrons. The van der Waals surface area contributed by atoms with E-state index in [4.69, 9.17) is 13.9 Å². The van der Waals surface area contributed by atoms with Gasteiger partial charge in [-0.1, -0.05) is 18.2 Å². The molecule has 7 nitrogen and oxygen atoms in total. The molecule has 2 aromatic carbocycles. The van der Waals surface area contributed by atoms with Crippen molar-refractivity contribution in [2.24, 2.45) is 0 Å². The van der Waals surface area contributed by atoms with E-state index >= 15 is 0 Å². The van der Waals surface area contributed by atoms with E-state index in [2.05, 4.69) is 5.32 Å². The monoisotopic (exact) mass is 483 g/mol. The number of carboxylic acids is 1. The number of nitrogens with one attached hydrogen (secondary N) is 1. The lowest BCUT2D eigenvalue weighted by molar-refractivity contribution is -0.141. The minimum Gasteiger partial charge on any atom is -0.496 e. The minimum atomic E-state index is -1.05. The summed E-state index contributed by atoms with van der Waals surface area (Å²) in [6, 6.07) is 8.66. The number of rotatable bonds is 10. The van der Waals surface area contributed by atoms with Crippen molar-refractivity contribution in [2.75, 3.05) is 26.2 Å². The fourth-order valence-corrected chi connectivity index (χ4v) is 4.40. The van der Waals surface area contributed by atoms with Gasteiger partial charge in [-0.2, -0.15) is 11.8 Å². The van der Waals surface area contributed by atoms with Crippen LogP contribution in [0, 0.1) is 6.92 Å². The fraction of sp³-hybridized carbons (Fsp3) is 0.308. The molecule has 1 heterocycles. The SMILES string of the molecule is COc1ccccc1-c1coc2c(C)c(OC)c(/C(C)=C/C(=O)NC(CCSC)C(=O)O)cc12. The summed E-state index contributed by atoms with van der Waals surface area (Å²) < 4.78 is 17.1. The quantitative estimate of drug-likeness (QED) is 0.385. The molecule has 1 atom stereocenters. The van der Waals surface area contributed by atoms with Crippen LogP contribution in [0.5, 0.6) is 11.5 Å². The van der Waals surface area contributed by atoms with Crippen molar-refractivity contribution < 1.29 is 28.6 Å². The second-order valence-corrected chi connectivity index (χ2v) is 8.80. The number of furan rings is 1. The number of methoxy groups -OCH3 is 2. The van der Waals surface area contributed by atoms with Crippen LogP contribution in [0.25, 0.3) is 27.7 Å². The summed E-state index contributed by atoms with van der Waals surface area (Å²) in [5.74, 6) is 0.422. The van der Waals surface area contributed by atoms with Crippen LogP contribution in [0.4, 0.5) is 0 Å². The number of hydrogen-bond donors (Lipinski definition) is 2. The smallest absolute Gasteiger partial charge is 0.326 e. The highest BCUT2D eigenvalue weighted by atomic mass is 32.2. The molecule has 1 unspecified atom stereocenters. The molecule has 0 aliphatic carbocycles. The van der Waals surface area contributed by atoms with Crippen molar-refractivity contribution in [3.63, 3.8) is 0 Å². The lowest BCUT2D eigenvalue weighted by Gasteiger charge is -2.15. The van der Waals surface area contributed by atoms with Crippen LogP contribution in [0.3, 0.4) is 0 Å². The van der Waals surface area contributed by atoms with E-state index in [-0.39, 0.29) is 0 Å². The Kier molecular flexibility index (Phi) is 8.28. The first-order valence-electron chi connectivity index (χ1n) is 10.7. The number of carboxylic acid groups (broad SMARTS) is 1. The summed E-state index contributed by atoms with van der Waals surface area (Å²) in [6.45, 7) is 3.69. The topological polar surface area (TPSA) is 98.0 Å². The van der Waals surface area contributed by atoms with Crippen LogP contribution in [0.1, 0.15) is 24.5 Å². The Morgan fingerprint density at radius 2 is 1.94 bits per heavy atom. The maximum absolute atomic E-state index is 12.6. The summed E-state index contributed by atoms with van der Waals surface area (Å²) in [4.78, 5) is 24.1. The summed E-state index contributed by atoms with van der Waals surface area (Å²) in [7, 11) is 3.19. The van der Waals surface area contributed by atoms with E-state index in [1.165, 1.54) is 17.8 Å². The van der Waals surface area contributed by atoms with E-state index in [9.17, 15) is 14.7 Å². The molecule has 0 fully saturated rings.